The number of hydrogen-bond acceptors (Lipinski definition) is 4. The van der Waals surface area contributed by atoms with Crippen LogP contribution in [-0.2, 0) is 9.53 Å². The summed E-state index contributed by atoms with van der Waals surface area (Å²) < 4.78 is 19.6. The van der Waals surface area contributed by atoms with E-state index in [0.717, 1.165) is 6.42 Å². The first-order valence-corrected chi connectivity index (χ1v) is 10.2. The highest BCUT2D eigenvalue weighted by Crippen LogP contribution is 2.42. The van der Waals surface area contributed by atoms with E-state index in [1.807, 2.05) is 6.92 Å². The third-order valence-electron chi connectivity index (χ3n) is 5.99. The molecule has 1 aromatic carbocycles. The van der Waals surface area contributed by atoms with Crippen molar-refractivity contribution >= 4 is 23.3 Å². The van der Waals surface area contributed by atoms with Crippen LogP contribution in [0.2, 0.25) is 0 Å². The summed E-state index contributed by atoms with van der Waals surface area (Å²) in [5, 5.41) is 5.59. The maximum atomic E-state index is 13.3. The van der Waals surface area contributed by atoms with Gasteiger partial charge in [0.15, 0.2) is 0 Å². The number of nitrogens with one attached hydrogen (secondary N) is 2. The standard InChI is InChI=1S/C22H25FN4O3/c1-15-14-27(21(29)26-17-5-2-4-16(23)12-17)11-9-22(15)8-7-19(30-22)20(28)25-18-6-3-10-24-13-18/h2-6,10,12-13,15,19H,7-9,11,14H2,1H3,(H,25,28)(H,26,29)/t15-,19-,22-/m1/s1. The van der Waals surface area contributed by atoms with Crippen LogP contribution >= 0.6 is 0 Å². The number of halogens is 1. The van der Waals surface area contributed by atoms with Gasteiger partial charge in [-0.3, -0.25) is 9.78 Å². The van der Waals surface area contributed by atoms with Crippen molar-refractivity contribution in [1.82, 2.24) is 9.88 Å². The van der Waals surface area contributed by atoms with Crippen molar-refractivity contribution in [2.24, 2.45) is 5.92 Å². The number of carbonyl (C=O) groups is 2. The van der Waals surface area contributed by atoms with Crippen LogP contribution in [-0.4, -0.2) is 46.6 Å². The highest BCUT2D eigenvalue weighted by Gasteiger charge is 2.49. The molecule has 3 atom stereocenters. The summed E-state index contributed by atoms with van der Waals surface area (Å²) in [6.45, 7) is 3.07. The van der Waals surface area contributed by atoms with Gasteiger partial charge < -0.3 is 20.3 Å². The van der Waals surface area contributed by atoms with Gasteiger partial charge in [-0.15, -0.1) is 0 Å². The van der Waals surface area contributed by atoms with Crippen molar-refractivity contribution in [3.63, 3.8) is 0 Å². The number of carbonyl (C=O) groups excluding carboxylic acids is 2. The van der Waals surface area contributed by atoms with Crippen molar-refractivity contribution in [3.05, 3.63) is 54.6 Å². The van der Waals surface area contributed by atoms with Crippen LogP contribution < -0.4 is 10.6 Å². The second kappa shape index (κ2) is 8.39. The van der Waals surface area contributed by atoms with Crippen LogP contribution in [0.15, 0.2) is 48.8 Å². The van der Waals surface area contributed by atoms with Crippen LogP contribution in [0.5, 0.6) is 0 Å². The van der Waals surface area contributed by atoms with E-state index in [1.165, 1.54) is 12.1 Å². The SMILES string of the molecule is C[C@@H]1CN(C(=O)Nc2cccc(F)c2)CC[C@]12CC[C@H](C(=O)Nc1cccnc1)O2. The number of pyridine rings is 1. The fourth-order valence-corrected chi connectivity index (χ4v) is 4.28. The zero-order chi connectivity index (χ0) is 21.1. The van der Waals surface area contributed by atoms with E-state index >= 15 is 0 Å². The van der Waals surface area contributed by atoms with Gasteiger partial charge >= 0.3 is 6.03 Å². The number of nitrogens with zero attached hydrogens (tertiary/aromatic N) is 2. The van der Waals surface area contributed by atoms with Gasteiger partial charge in [0.1, 0.15) is 11.9 Å². The topological polar surface area (TPSA) is 83.6 Å². The van der Waals surface area contributed by atoms with Crippen LogP contribution in [0, 0.1) is 11.7 Å². The minimum absolute atomic E-state index is 0.0701. The maximum absolute atomic E-state index is 13.3. The fraction of sp³-hybridized carbons (Fsp3) is 0.409. The first-order chi connectivity index (χ1) is 14.4. The van der Waals surface area contributed by atoms with Gasteiger partial charge in [-0.05, 0) is 49.6 Å². The molecule has 8 heteroatoms. The number of ether oxygens (including phenoxy) is 1. The molecule has 2 N–H and O–H groups in total. The number of benzene rings is 1. The average molecular weight is 412 g/mol. The molecule has 0 aliphatic carbocycles. The highest BCUT2D eigenvalue weighted by atomic mass is 19.1. The molecular weight excluding hydrogens is 387 g/mol. The molecule has 3 amide bonds. The molecule has 4 rings (SSSR count). The van der Waals surface area contributed by atoms with Crippen LogP contribution in [0.25, 0.3) is 0 Å². The van der Waals surface area contributed by atoms with E-state index in [-0.39, 0.29) is 17.9 Å². The summed E-state index contributed by atoms with van der Waals surface area (Å²) in [4.78, 5) is 30.9. The maximum Gasteiger partial charge on any atom is 0.321 e. The molecule has 7 nitrogen and oxygen atoms in total. The Balaban J connectivity index is 1.34. The molecule has 2 saturated heterocycles. The lowest BCUT2D eigenvalue weighted by Gasteiger charge is -2.44. The van der Waals surface area contributed by atoms with E-state index < -0.39 is 17.5 Å². The van der Waals surface area contributed by atoms with Gasteiger partial charge in [-0.1, -0.05) is 13.0 Å². The van der Waals surface area contributed by atoms with E-state index in [2.05, 4.69) is 15.6 Å². The Morgan fingerprint density at radius 3 is 2.77 bits per heavy atom. The monoisotopic (exact) mass is 412 g/mol. The van der Waals surface area contributed by atoms with Crippen LogP contribution in [0.3, 0.4) is 0 Å². The van der Waals surface area contributed by atoms with Crippen molar-refractivity contribution in [2.75, 3.05) is 23.7 Å². The molecule has 2 aromatic rings. The second-order valence-corrected chi connectivity index (χ2v) is 7.98. The second-order valence-electron chi connectivity index (χ2n) is 7.98. The Morgan fingerprint density at radius 1 is 1.20 bits per heavy atom. The molecule has 30 heavy (non-hydrogen) atoms. The molecule has 0 unspecified atom stereocenters. The average Bonchev–Trinajstić information content (AvgIpc) is 3.16. The molecule has 0 radical (unpaired) electrons. The van der Waals surface area contributed by atoms with Crippen LogP contribution in [0.1, 0.15) is 26.2 Å². The third kappa shape index (κ3) is 4.28. The summed E-state index contributed by atoms with van der Waals surface area (Å²) >= 11 is 0. The molecule has 158 valence electrons. The number of urea groups is 1. The molecular formula is C22H25FN4O3. The number of aromatic nitrogens is 1. The predicted octanol–water partition coefficient (Wildman–Crippen LogP) is 3.65. The number of rotatable bonds is 3. The first-order valence-electron chi connectivity index (χ1n) is 10.2. The van der Waals surface area contributed by atoms with E-state index in [9.17, 15) is 14.0 Å². The van der Waals surface area contributed by atoms with Gasteiger partial charge in [-0.25, -0.2) is 9.18 Å². The van der Waals surface area contributed by atoms with Gasteiger partial charge in [-0.2, -0.15) is 0 Å². The van der Waals surface area contributed by atoms with Gasteiger partial charge in [0.25, 0.3) is 5.91 Å². The molecule has 1 aromatic heterocycles. The summed E-state index contributed by atoms with van der Waals surface area (Å²) in [7, 11) is 0. The lowest BCUT2D eigenvalue weighted by molar-refractivity contribution is -0.141. The highest BCUT2D eigenvalue weighted by molar-refractivity contribution is 5.94. The molecule has 2 fully saturated rings. The summed E-state index contributed by atoms with van der Waals surface area (Å²) in [6, 6.07) is 9.13. The van der Waals surface area contributed by atoms with Crippen molar-refractivity contribution in [1.29, 1.82) is 0 Å². The third-order valence-corrected chi connectivity index (χ3v) is 5.99. The zero-order valence-corrected chi connectivity index (χ0v) is 16.8. The van der Waals surface area contributed by atoms with Crippen molar-refractivity contribution in [3.8, 4) is 0 Å². The van der Waals surface area contributed by atoms with Gasteiger partial charge in [0, 0.05) is 30.9 Å². The summed E-state index contributed by atoms with van der Waals surface area (Å²) in [5.41, 5.74) is 0.660. The predicted molar refractivity (Wildman–Crippen MR) is 110 cm³/mol. The van der Waals surface area contributed by atoms with E-state index in [4.69, 9.17) is 4.74 Å². The molecule has 2 aliphatic heterocycles. The Bertz CT molecular complexity index is 926. The molecule has 3 heterocycles. The molecule has 1 spiro atoms. The summed E-state index contributed by atoms with van der Waals surface area (Å²) in [6.07, 6.45) is 4.81. The lowest BCUT2D eigenvalue weighted by atomic mass is 9.80. The molecule has 0 bridgehead atoms. The van der Waals surface area contributed by atoms with Crippen molar-refractivity contribution < 1.29 is 18.7 Å². The van der Waals surface area contributed by atoms with Crippen molar-refractivity contribution in [2.45, 2.75) is 37.9 Å². The Morgan fingerprint density at radius 2 is 2.03 bits per heavy atom. The normalized spacial score (nSPS) is 25.9. The number of amides is 3. The number of hydrogen-bond donors (Lipinski definition) is 2. The minimum atomic E-state index is -0.514. The zero-order valence-electron chi connectivity index (χ0n) is 16.8. The summed E-state index contributed by atoms with van der Waals surface area (Å²) in [5.74, 6) is -0.493. The minimum Gasteiger partial charge on any atom is -0.362 e. The Hall–Kier alpha value is -3.00. The smallest absolute Gasteiger partial charge is 0.321 e. The first kappa shape index (κ1) is 20.3. The quantitative estimate of drug-likeness (QED) is 0.806. The fourth-order valence-electron chi connectivity index (χ4n) is 4.28. The van der Waals surface area contributed by atoms with E-state index in [0.29, 0.717) is 37.3 Å². The van der Waals surface area contributed by atoms with Gasteiger partial charge in [0.05, 0.1) is 17.5 Å². The number of anilines is 2. The number of piperidine rings is 1. The molecule has 2 aliphatic rings. The largest absolute Gasteiger partial charge is 0.362 e. The molecule has 0 saturated carbocycles. The number of likely N-dealkylation sites (tertiary alicyclic amines) is 1. The Labute approximate surface area is 174 Å². The van der Waals surface area contributed by atoms with Gasteiger partial charge in [0.2, 0.25) is 0 Å². The van der Waals surface area contributed by atoms with E-state index in [1.54, 1.807) is 41.6 Å². The Kier molecular flexibility index (Phi) is 5.67. The lowest BCUT2D eigenvalue weighted by Crippen LogP contribution is -2.53. The van der Waals surface area contributed by atoms with Crippen LogP contribution in [0.4, 0.5) is 20.6 Å².